The van der Waals surface area contributed by atoms with Crippen molar-refractivity contribution in [2.75, 3.05) is 44.1 Å². The molecule has 3 amide bonds. The Morgan fingerprint density at radius 3 is 2.92 bits per heavy atom. The lowest BCUT2D eigenvalue weighted by atomic mass is 10.2. The molecule has 2 saturated heterocycles. The highest BCUT2D eigenvalue weighted by Crippen LogP contribution is 2.34. The molecule has 1 unspecified atom stereocenters. The van der Waals surface area contributed by atoms with Gasteiger partial charge in [-0.3, -0.25) is 4.79 Å². The van der Waals surface area contributed by atoms with E-state index in [1.54, 1.807) is 42.2 Å². The fourth-order valence-electron chi connectivity index (χ4n) is 3.28. The Morgan fingerprint density at radius 1 is 1.44 bits per heavy atom. The summed E-state index contributed by atoms with van der Waals surface area (Å²) in [5.41, 5.74) is 1.34. The first-order valence-corrected chi connectivity index (χ1v) is 8.70. The number of hydrogen-bond donors (Lipinski definition) is 1. The molecule has 0 bridgehead atoms. The van der Waals surface area contributed by atoms with Crippen LogP contribution in [-0.4, -0.2) is 56.8 Å². The molecule has 2 fully saturated rings. The van der Waals surface area contributed by atoms with E-state index in [1.165, 1.54) is 0 Å². The van der Waals surface area contributed by atoms with Gasteiger partial charge in [0.15, 0.2) is 0 Å². The number of hydrogen-bond acceptors (Lipinski definition) is 4. The van der Waals surface area contributed by atoms with Crippen molar-refractivity contribution in [3.8, 4) is 5.75 Å². The zero-order valence-corrected chi connectivity index (χ0v) is 14.8. The number of urea groups is 1. The molecule has 1 aromatic carbocycles. The number of likely N-dealkylation sites (N-methyl/N-ethyl adjacent to an activating group) is 1. The van der Waals surface area contributed by atoms with Crippen molar-refractivity contribution >= 4 is 23.3 Å². The van der Waals surface area contributed by atoms with E-state index >= 15 is 0 Å². The zero-order valence-electron chi connectivity index (χ0n) is 14.8. The molecule has 25 heavy (non-hydrogen) atoms. The van der Waals surface area contributed by atoms with Gasteiger partial charge in [0, 0.05) is 38.9 Å². The number of amides is 3. The lowest BCUT2D eigenvalue weighted by Crippen LogP contribution is -2.37. The Kier molecular flexibility index (Phi) is 5.43. The second kappa shape index (κ2) is 7.74. The van der Waals surface area contributed by atoms with Crippen LogP contribution < -0.4 is 15.0 Å². The Morgan fingerprint density at radius 2 is 2.28 bits per heavy atom. The van der Waals surface area contributed by atoms with Gasteiger partial charge in [0.05, 0.1) is 18.9 Å². The van der Waals surface area contributed by atoms with Crippen molar-refractivity contribution in [3.63, 3.8) is 0 Å². The minimum atomic E-state index is -0.195. The summed E-state index contributed by atoms with van der Waals surface area (Å²) in [5, 5.41) is 2.88. The molecule has 2 aliphatic rings. The molecule has 7 nitrogen and oxygen atoms in total. The van der Waals surface area contributed by atoms with Crippen LogP contribution in [0.1, 0.15) is 25.7 Å². The fraction of sp³-hybridized carbons (Fsp3) is 0.556. The maximum absolute atomic E-state index is 12.4. The van der Waals surface area contributed by atoms with Crippen LogP contribution in [0.15, 0.2) is 18.2 Å². The molecule has 1 N–H and O–H groups in total. The highest BCUT2D eigenvalue weighted by molar-refractivity contribution is 5.98. The van der Waals surface area contributed by atoms with Crippen LogP contribution in [0.25, 0.3) is 0 Å². The van der Waals surface area contributed by atoms with Crippen LogP contribution in [0, 0.1) is 0 Å². The van der Waals surface area contributed by atoms with Gasteiger partial charge in [0.2, 0.25) is 5.91 Å². The lowest BCUT2D eigenvalue weighted by molar-refractivity contribution is -0.117. The zero-order chi connectivity index (χ0) is 17.8. The monoisotopic (exact) mass is 347 g/mol. The maximum Gasteiger partial charge on any atom is 0.321 e. The fourth-order valence-corrected chi connectivity index (χ4v) is 3.28. The number of rotatable bonds is 5. The Balaban J connectivity index is 1.69. The molecule has 3 rings (SSSR count). The number of anilines is 2. The first-order valence-electron chi connectivity index (χ1n) is 8.70. The highest BCUT2D eigenvalue weighted by atomic mass is 16.5. The SMILES string of the molecule is COc1ccc(NC(=O)N(C)CC2CCCO2)cc1N1CCCC1=O. The van der Waals surface area contributed by atoms with E-state index in [1.807, 2.05) is 0 Å². The van der Waals surface area contributed by atoms with E-state index in [2.05, 4.69) is 5.32 Å². The van der Waals surface area contributed by atoms with E-state index in [9.17, 15) is 9.59 Å². The molecule has 0 spiro atoms. The molecular formula is C18H25N3O4. The van der Waals surface area contributed by atoms with Gasteiger partial charge >= 0.3 is 6.03 Å². The Labute approximate surface area is 147 Å². The summed E-state index contributed by atoms with van der Waals surface area (Å²) < 4.78 is 10.9. The van der Waals surface area contributed by atoms with E-state index in [0.717, 1.165) is 25.9 Å². The normalized spacial score (nSPS) is 20.0. The number of nitrogens with zero attached hydrogens (tertiary/aromatic N) is 2. The van der Waals surface area contributed by atoms with Crippen molar-refractivity contribution < 1.29 is 19.1 Å². The number of carbonyl (C=O) groups is 2. The van der Waals surface area contributed by atoms with E-state index < -0.39 is 0 Å². The van der Waals surface area contributed by atoms with Gasteiger partial charge in [-0.25, -0.2) is 4.79 Å². The van der Waals surface area contributed by atoms with Gasteiger partial charge in [0.1, 0.15) is 5.75 Å². The van der Waals surface area contributed by atoms with Crippen molar-refractivity contribution in [1.29, 1.82) is 0 Å². The molecule has 1 atom stereocenters. The number of benzene rings is 1. The van der Waals surface area contributed by atoms with Crippen molar-refractivity contribution in [2.45, 2.75) is 31.8 Å². The van der Waals surface area contributed by atoms with Gasteiger partial charge in [-0.15, -0.1) is 0 Å². The molecule has 0 aliphatic carbocycles. The molecule has 2 aliphatic heterocycles. The summed E-state index contributed by atoms with van der Waals surface area (Å²) in [6, 6.07) is 5.15. The van der Waals surface area contributed by atoms with Crippen LogP contribution in [0.3, 0.4) is 0 Å². The highest BCUT2D eigenvalue weighted by Gasteiger charge is 2.25. The minimum absolute atomic E-state index is 0.0808. The molecule has 7 heteroatoms. The van der Waals surface area contributed by atoms with Gasteiger partial charge in [-0.2, -0.15) is 0 Å². The third-order valence-electron chi connectivity index (χ3n) is 4.64. The van der Waals surface area contributed by atoms with Crippen LogP contribution in [0.5, 0.6) is 5.75 Å². The second-order valence-electron chi connectivity index (χ2n) is 6.48. The number of nitrogens with one attached hydrogen (secondary N) is 1. The van der Waals surface area contributed by atoms with Crippen LogP contribution >= 0.6 is 0 Å². The van der Waals surface area contributed by atoms with Gasteiger partial charge in [-0.1, -0.05) is 0 Å². The predicted octanol–water partition coefficient (Wildman–Crippen LogP) is 2.46. The predicted molar refractivity (Wildman–Crippen MR) is 95.2 cm³/mol. The summed E-state index contributed by atoms with van der Waals surface area (Å²) >= 11 is 0. The topological polar surface area (TPSA) is 71.1 Å². The number of carbonyl (C=O) groups excluding carboxylic acids is 2. The average Bonchev–Trinajstić information content (AvgIpc) is 3.26. The molecule has 2 heterocycles. The summed E-state index contributed by atoms with van der Waals surface area (Å²) in [6.07, 6.45) is 3.53. The number of methoxy groups -OCH3 is 1. The molecular weight excluding hydrogens is 322 g/mol. The summed E-state index contributed by atoms with van der Waals surface area (Å²) in [7, 11) is 3.33. The lowest BCUT2D eigenvalue weighted by Gasteiger charge is -2.23. The van der Waals surface area contributed by atoms with Crippen LogP contribution in [-0.2, 0) is 9.53 Å². The van der Waals surface area contributed by atoms with E-state index in [0.29, 0.717) is 36.6 Å². The van der Waals surface area contributed by atoms with Gasteiger partial charge in [-0.05, 0) is 37.5 Å². The summed E-state index contributed by atoms with van der Waals surface area (Å²) in [4.78, 5) is 27.8. The quantitative estimate of drug-likeness (QED) is 0.888. The summed E-state index contributed by atoms with van der Waals surface area (Å²) in [5.74, 6) is 0.707. The second-order valence-corrected chi connectivity index (χ2v) is 6.48. The van der Waals surface area contributed by atoms with Crippen LogP contribution in [0.4, 0.5) is 16.2 Å². The third-order valence-corrected chi connectivity index (χ3v) is 4.64. The number of ether oxygens (including phenoxy) is 2. The maximum atomic E-state index is 12.4. The largest absolute Gasteiger partial charge is 0.495 e. The smallest absolute Gasteiger partial charge is 0.321 e. The standard InChI is InChI=1S/C18H25N3O4/c1-20(12-14-5-4-10-25-14)18(23)19-13-7-8-16(24-2)15(11-13)21-9-3-6-17(21)22/h7-8,11,14H,3-6,9-10,12H2,1-2H3,(H,19,23). The van der Waals surface area contributed by atoms with Crippen molar-refractivity contribution in [3.05, 3.63) is 18.2 Å². The molecule has 136 valence electrons. The molecule has 0 saturated carbocycles. The Bertz CT molecular complexity index is 643. The third kappa shape index (κ3) is 4.04. The van der Waals surface area contributed by atoms with Gasteiger partial charge in [0.25, 0.3) is 0 Å². The molecule has 1 aromatic rings. The van der Waals surface area contributed by atoms with Crippen LogP contribution in [0.2, 0.25) is 0 Å². The summed E-state index contributed by atoms with van der Waals surface area (Å²) in [6.45, 7) is 2.01. The Hall–Kier alpha value is -2.28. The van der Waals surface area contributed by atoms with Crippen molar-refractivity contribution in [2.24, 2.45) is 0 Å². The van der Waals surface area contributed by atoms with E-state index in [4.69, 9.17) is 9.47 Å². The molecule has 0 aromatic heterocycles. The van der Waals surface area contributed by atoms with Gasteiger partial charge < -0.3 is 24.6 Å². The molecule has 0 radical (unpaired) electrons. The minimum Gasteiger partial charge on any atom is -0.495 e. The van der Waals surface area contributed by atoms with Crippen molar-refractivity contribution in [1.82, 2.24) is 4.90 Å². The van der Waals surface area contributed by atoms with E-state index in [-0.39, 0.29) is 18.0 Å². The average molecular weight is 347 g/mol. The first-order chi connectivity index (χ1) is 12.1. The first kappa shape index (κ1) is 17.5.